The molecule has 1 saturated carbocycles. The first-order chi connectivity index (χ1) is 16.2. The highest BCUT2D eigenvalue weighted by molar-refractivity contribution is 6.03. The van der Waals surface area contributed by atoms with Gasteiger partial charge in [-0.25, -0.2) is 0 Å². The molecule has 5 atom stereocenters. The van der Waals surface area contributed by atoms with Crippen LogP contribution in [0.5, 0.6) is 0 Å². The Bertz CT molecular complexity index is 1020. The summed E-state index contributed by atoms with van der Waals surface area (Å²) in [5.41, 5.74) is 11.3. The minimum atomic E-state index is -0.381. The lowest BCUT2D eigenvalue weighted by Crippen LogP contribution is -2.49. The van der Waals surface area contributed by atoms with E-state index in [2.05, 4.69) is 54.5 Å². The van der Waals surface area contributed by atoms with Crippen LogP contribution in [0.1, 0.15) is 127 Å². The van der Waals surface area contributed by atoms with Gasteiger partial charge in [-0.2, -0.15) is 0 Å². The second-order valence-electron chi connectivity index (χ2n) is 13.4. The van der Waals surface area contributed by atoms with Crippen molar-refractivity contribution < 1.29 is 14.3 Å². The molecule has 4 heteroatoms. The molecule has 35 heavy (non-hydrogen) atoms. The zero-order chi connectivity index (χ0) is 25.9. The number of carbonyl (C=O) groups excluding carboxylic acids is 2. The molecule has 1 fully saturated rings. The van der Waals surface area contributed by atoms with Gasteiger partial charge < -0.3 is 10.5 Å². The molecule has 0 aliphatic heterocycles. The summed E-state index contributed by atoms with van der Waals surface area (Å²) < 4.78 is 5.70. The number of hydrogen-bond acceptors (Lipinski definition) is 4. The monoisotopic (exact) mass is 481 g/mol. The van der Waals surface area contributed by atoms with Gasteiger partial charge in [0.15, 0.2) is 5.78 Å². The molecule has 194 valence electrons. The molecule has 4 nitrogen and oxygen atoms in total. The molecule has 2 unspecified atom stereocenters. The number of rotatable bonds is 6. The normalized spacial score (nSPS) is 32.1. The standard InChI is InChI=1S/C31H47NO3/c1-18(2)10-9-11-19(3)22-14-15-30(7)28-24(32)16-23-21(27(28)25(34)17-31(22,30)8)12-13-26(29(23,5)6)35-20(4)33/h16,18-19,22,26H,9-15,17,32H2,1-8H3/t19-,22?,26+,30?,31-/m1/s1. The van der Waals surface area contributed by atoms with E-state index in [0.29, 0.717) is 18.3 Å². The van der Waals surface area contributed by atoms with Crippen LogP contribution in [0.15, 0.2) is 6.07 Å². The highest BCUT2D eigenvalue weighted by Crippen LogP contribution is 2.66. The molecule has 2 N–H and O–H groups in total. The highest BCUT2D eigenvalue weighted by atomic mass is 16.5. The third kappa shape index (κ3) is 4.03. The van der Waals surface area contributed by atoms with Gasteiger partial charge in [0, 0.05) is 35.4 Å². The number of ketones is 1. The molecule has 3 aliphatic carbocycles. The molecule has 1 aromatic rings. The van der Waals surface area contributed by atoms with E-state index in [1.165, 1.54) is 32.6 Å². The number of ether oxygens (including phenoxy) is 1. The van der Waals surface area contributed by atoms with Crippen LogP contribution in [-0.4, -0.2) is 17.9 Å². The number of esters is 1. The number of hydrogen-bond donors (Lipinski definition) is 1. The molecule has 4 rings (SSSR count). The molecule has 0 amide bonds. The second-order valence-corrected chi connectivity index (χ2v) is 13.4. The number of carbonyl (C=O) groups is 2. The van der Waals surface area contributed by atoms with E-state index in [4.69, 9.17) is 10.5 Å². The molecule has 0 spiro atoms. The van der Waals surface area contributed by atoms with Crippen molar-refractivity contribution in [2.45, 2.75) is 124 Å². The fourth-order valence-corrected chi connectivity index (χ4v) is 8.28. The lowest BCUT2D eigenvalue weighted by atomic mass is 9.51. The minimum Gasteiger partial charge on any atom is -0.462 e. The first-order valence-electron chi connectivity index (χ1n) is 13.9. The van der Waals surface area contributed by atoms with Crippen LogP contribution in [-0.2, 0) is 26.8 Å². The van der Waals surface area contributed by atoms with Gasteiger partial charge in [-0.15, -0.1) is 0 Å². The van der Waals surface area contributed by atoms with E-state index in [1.807, 2.05) is 0 Å². The lowest BCUT2D eigenvalue weighted by molar-refractivity contribution is -0.150. The average Bonchev–Trinajstić information content (AvgIpc) is 3.01. The summed E-state index contributed by atoms with van der Waals surface area (Å²) in [6, 6.07) is 2.12. The smallest absolute Gasteiger partial charge is 0.302 e. The number of fused-ring (bicyclic) bond motifs is 5. The molecule has 1 aromatic carbocycles. The first-order valence-corrected chi connectivity index (χ1v) is 13.9. The summed E-state index contributed by atoms with van der Waals surface area (Å²) in [6.45, 7) is 17.5. The Morgan fingerprint density at radius 2 is 1.83 bits per heavy atom. The van der Waals surface area contributed by atoms with E-state index < -0.39 is 0 Å². The molecule has 0 saturated heterocycles. The number of nitrogen functional groups attached to an aromatic ring is 1. The van der Waals surface area contributed by atoms with Gasteiger partial charge >= 0.3 is 5.97 Å². The van der Waals surface area contributed by atoms with Crippen molar-refractivity contribution in [1.82, 2.24) is 0 Å². The van der Waals surface area contributed by atoms with Crippen LogP contribution >= 0.6 is 0 Å². The zero-order valence-electron chi connectivity index (χ0n) is 23.3. The fraction of sp³-hybridized carbons (Fsp3) is 0.742. The Morgan fingerprint density at radius 3 is 2.46 bits per heavy atom. The zero-order valence-corrected chi connectivity index (χ0v) is 23.3. The second kappa shape index (κ2) is 8.92. The maximum absolute atomic E-state index is 14.0. The predicted molar refractivity (Wildman–Crippen MR) is 143 cm³/mol. The van der Waals surface area contributed by atoms with Crippen molar-refractivity contribution in [1.29, 1.82) is 0 Å². The molecule has 0 bridgehead atoms. The van der Waals surface area contributed by atoms with Crippen molar-refractivity contribution in [2.24, 2.45) is 23.2 Å². The summed E-state index contributed by atoms with van der Waals surface area (Å²) in [5, 5.41) is 0. The summed E-state index contributed by atoms with van der Waals surface area (Å²) in [4.78, 5) is 25.8. The summed E-state index contributed by atoms with van der Waals surface area (Å²) >= 11 is 0. The van der Waals surface area contributed by atoms with Crippen molar-refractivity contribution >= 4 is 17.4 Å². The first kappa shape index (κ1) is 26.2. The van der Waals surface area contributed by atoms with Crippen molar-refractivity contribution in [2.75, 3.05) is 5.73 Å². The maximum atomic E-state index is 14.0. The average molecular weight is 482 g/mol. The number of benzene rings is 1. The van der Waals surface area contributed by atoms with E-state index in [9.17, 15) is 9.59 Å². The van der Waals surface area contributed by atoms with Crippen LogP contribution in [0.4, 0.5) is 5.69 Å². The Hall–Kier alpha value is -1.84. The molecule has 3 aliphatic rings. The van der Waals surface area contributed by atoms with Crippen molar-refractivity contribution in [3.05, 3.63) is 28.3 Å². The van der Waals surface area contributed by atoms with Gasteiger partial charge in [-0.1, -0.05) is 67.7 Å². The quantitative estimate of drug-likeness (QED) is 0.346. The minimum absolute atomic E-state index is 0.0683. The fourth-order valence-electron chi connectivity index (χ4n) is 8.28. The molecule has 0 radical (unpaired) electrons. The van der Waals surface area contributed by atoms with E-state index in [0.717, 1.165) is 53.1 Å². The van der Waals surface area contributed by atoms with Crippen LogP contribution in [0.25, 0.3) is 0 Å². The summed E-state index contributed by atoms with van der Waals surface area (Å²) in [5.74, 6) is 1.91. The maximum Gasteiger partial charge on any atom is 0.302 e. The van der Waals surface area contributed by atoms with Gasteiger partial charge in [0.05, 0.1) is 0 Å². The van der Waals surface area contributed by atoms with Crippen LogP contribution in [0.2, 0.25) is 0 Å². The largest absolute Gasteiger partial charge is 0.462 e. The van der Waals surface area contributed by atoms with Crippen LogP contribution in [0.3, 0.4) is 0 Å². The van der Waals surface area contributed by atoms with E-state index >= 15 is 0 Å². The highest BCUT2D eigenvalue weighted by Gasteiger charge is 2.61. The number of nitrogens with two attached hydrogens (primary N) is 1. The van der Waals surface area contributed by atoms with Gasteiger partial charge in [0.2, 0.25) is 0 Å². The van der Waals surface area contributed by atoms with Gasteiger partial charge in [-0.3, -0.25) is 9.59 Å². The Labute approximate surface area is 212 Å². The third-order valence-electron chi connectivity index (χ3n) is 10.4. The Balaban J connectivity index is 1.75. The third-order valence-corrected chi connectivity index (χ3v) is 10.4. The van der Waals surface area contributed by atoms with Gasteiger partial charge in [0.1, 0.15) is 6.10 Å². The molecular formula is C31H47NO3. The van der Waals surface area contributed by atoms with Gasteiger partial charge in [-0.05, 0) is 71.6 Å². The SMILES string of the molecule is CC(=O)O[C@H]1CCc2c(cc(N)c3c2C(=O)C[C@]2(C)C([C@H](C)CCCC(C)C)CCC32C)C1(C)C. The molecule has 0 heterocycles. The lowest BCUT2D eigenvalue weighted by Gasteiger charge is -2.52. The number of anilines is 1. The summed E-state index contributed by atoms with van der Waals surface area (Å²) in [6.07, 6.45) is 7.94. The van der Waals surface area contributed by atoms with Gasteiger partial charge in [0.25, 0.3) is 0 Å². The summed E-state index contributed by atoms with van der Waals surface area (Å²) in [7, 11) is 0. The van der Waals surface area contributed by atoms with Crippen LogP contribution < -0.4 is 5.73 Å². The van der Waals surface area contributed by atoms with E-state index in [1.54, 1.807) is 0 Å². The number of Topliss-reactive ketones (excluding diaryl/α,β-unsaturated/α-hetero) is 1. The Morgan fingerprint density at radius 1 is 1.14 bits per heavy atom. The van der Waals surface area contributed by atoms with Crippen LogP contribution in [0, 0.1) is 23.2 Å². The van der Waals surface area contributed by atoms with Crippen molar-refractivity contribution in [3.63, 3.8) is 0 Å². The Kier molecular flexibility index (Phi) is 6.69. The topological polar surface area (TPSA) is 69.4 Å². The molecule has 0 aromatic heterocycles. The van der Waals surface area contributed by atoms with E-state index in [-0.39, 0.29) is 34.1 Å². The van der Waals surface area contributed by atoms with Crippen molar-refractivity contribution in [3.8, 4) is 0 Å². The molecular weight excluding hydrogens is 434 g/mol. The predicted octanol–water partition coefficient (Wildman–Crippen LogP) is 7.15.